The summed E-state index contributed by atoms with van der Waals surface area (Å²) in [5, 5.41) is 8.70. The van der Waals surface area contributed by atoms with E-state index in [4.69, 9.17) is 5.11 Å². The van der Waals surface area contributed by atoms with Crippen LogP contribution >= 0.6 is 0 Å². The van der Waals surface area contributed by atoms with Gasteiger partial charge in [-0.2, -0.15) is 0 Å². The van der Waals surface area contributed by atoms with E-state index in [1.54, 1.807) is 0 Å². The highest BCUT2D eigenvalue weighted by Gasteiger charge is 2.03. The molecule has 1 rings (SSSR count). The molecule has 0 saturated carbocycles. The summed E-state index contributed by atoms with van der Waals surface area (Å²) in [7, 11) is 0. The van der Waals surface area contributed by atoms with Crippen molar-refractivity contribution in [3.8, 4) is 11.8 Å². The quantitative estimate of drug-likeness (QED) is 0.779. The Morgan fingerprint density at radius 3 is 2.78 bits per heavy atom. The van der Waals surface area contributed by atoms with Crippen LogP contribution in [0.1, 0.15) is 37.8 Å². The Morgan fingerprint density at radius 2 is 2.11 bits per heavy atom. The van der Waals surface area contributed by atoms with Gasteiger partial charge in [0.1, 0.15) is 6.61 Å². The zero-order valence-electron chi connectivity index (χ0n) is 11.4. The molecule has 18 heavy (non-hydrogen) atoms. The summed E-state index contributed by atoms with van der Waals surface area (Å²) < 4.78 is 0. The van der Waals surface area contributed by atoms with E-state index in [0.717, 1.165) is 25.2 Å². The first kappa shape index (κ1) is 14.8. The maximum Gasteiger partial charge on any atom is 0.104 e. The Balaban J connectivity index is 2.65. The van der Waals surface area contributed by atoms with Gasteiger partial charge in [0.05, 0.1) is 0 Å². The van der Waals surface area contributed by atoms with E-state index in [2.05, 4.69) is 42.7 Å². The monoisotopic (exact) mass is 245 g/mol. The summed E-state index contributed by atoms with van der Waals surface area (Å²) in [6, 6.07) is 8.26. The average molecular weight is 245 g/mol. The van der Waals surface area contributed by atoms with Gasteiger partial charge in [-0.3, -0.25) is 4.90 Å². The first-order valence-corrected chi connectivity index (χ1v) is 6.71. The smallest absolute Gasteiger partial charge is 0.104 e. The summed E-state index contributed by atoms with van der Waals surface area (Å²) in [6.07, 6.45) is 2.48. The van der Waals surface area contributed by atoms with Crippen molar-refractivity contribution in [3.05, 3.63) is 35.4 Å². The van der Waals surface area contributed by atoms with Crippen LogP contribution in [0, 0.1) is 11.8 Å². The molecule has 0 heterocycles. The number of rotatable bonds is 6. The van der Waals surface area contributed by atoms with Crippen molar-refractivity contribution in [1.82, 2.24) is 4.90 Å². The van der Waals surface area contributed by atoms with Gasteiger partial charge in [0.15, 0.2) is 0 Å². The molecule has 0 radical (unpaired) electrons. The molecule has 0 saturated heterocycles. The highest BCUT2D eigenvalue weighted by atomic mass is 16.2. The largest absolute Gasteiger partial charge is 0.384 e. The first-order valence-electron chi connectivity index (χ1n) is 6.71. The number of unbranched alkanes of at least 4 members (excludes halogenated alkanes) is 1. The van der Waals surface area contributed by atoms with Gasteiger partial charge < -0.3 is 5.11 Å². The fraction of sp³-hybridized carbons (Fsp3) is 0.500. The molecule has 0 fully saturated rings. The van der Waals surface area contributed by atoms with E-state index >= 15 is 0 Å². The average Bonchev–Trinajstić information content (AvgIpc) is 2.41. The topological polar surface area (TPSA) is 23.5 Å². The lowest BCUT2D eigenvalue weighted by Crippen LogP contribution is -2.23. The maximum absolute atomic E-state index is 8.70. The van der Waals surface area contributed by atoms with Gasteiger partial charge in [-0.25, -0.2) is 0 Å². The van der Waals surface area contributed by atoms with Crippen molar-refractivity contribution < 1.29 is 5.11 Å². The molecule has 0 aliphatic rings. The number of hydrogen-bond donors (Lipinski definition) is 1. The van der Waals surface area contributed by atoms with Crippen LogP contribution in [-0.2, 0) is 6.54 Å². The van der Waals surface area contributed by atoms with E-state index in [1.807, 2.05) is 12.1 Å². The summed E-state index contributed by atoms with van der Waals surface area (Å²) in [6.45, 7) is 7.54. The molecule has 0 aliphatic carbocycles. The van der Waals surface area contributed by atoms with Gasteiger partial charge in [-0.15, -0.1) is 0 Å². The van der Waals surface area contributed by atoms with Gasteiger partial charge in [-0.1, -0.05) is 44.2 Å². The van der Waals surface area contributed by atoms with Crippen molar-refractivity contribution in [2.75, 3.05) is 19.7 Å². The molecule has 0 atom stereocenters. The molecular weight excluding hydrogens is 222 g/mol. The molecule has 1 aromatic carbocycles. The Morgan fingerprint density at radius 1 is 1.28 bits per heavy atom. The Bertz CT molecular complexity index is 403. The van der Waals surface area contributed by atoms with E-state index in [9.17, 15) is 0 Å². The lowest BCUT2D eigenvalue weighted by atomic mass is 10.1. The second-order valence-corrected chi connectivity index (χ2v) is 4.38. The van der Waals surface area contributed by atoms with Crippen LogP contribution in [0.15, 0.2) is 24.3 Å². The molecule has 0 spiro atoms. The molecule has 0 amide bonds. The van der Waals surface area contributed by atoms with Crippen molar-refractivity contribution in [2.24, 2.45) is 0 Å². The van der Waals surface area contributed by atoms with Crippen LogP contribution in [0.4, 0.5) is 0 Å². The third kappa shape index (κ3) is 5.35. The number of aliphatic hydroxyl groups excluding tert-OH is 1. The number of benzene rings is 1. The molecule has 0 bridgehead atoms. The molecule has 1 N–H and O–H groups in total. The molecular formula is C16H23NO. The van der Waals surface area contributed by atoms with E-state index in [1.165, 1.54) is 18.4 Å². The third-order valence-electron chi connectivity index (χ3n) is 2.92. The minimum Gasteiger partial charge on any atom is -0.384 e. The van der Waals surface area contributed by atoms with Crippen LogP contribution in [0.2, 0.25) is 0 Å². The molecule has 0 aromatic heterocycles. The standard InChI is InChI=1S/C16H23NO/c1-3-5-11-17(4-2)14-16-9-6-8-15(13-16)10-7-12-18/h6,8-9,13,18H,3-5,11-12,14H2,1-2H3. The number of aliphatic hydroxyl groups is 1. The summed E-state index contributed by atoms with van der Waals surface area (Å²) >= 11 is 0. The van der Waals surface area contributed by atoms with E-state index in [0.29, 0.717) is 0 Å². The van der Waals surface area contributed by atoms with Crippen LogP contribution in [0.25, 0.3) is 0 Å². The van der Waals surface area contributed by atoms with Gasteiger partial charge >= 0.3 is 0 Å². The number of nitrogens with zero attached hydrogens (tertiary/aromatic N) is 1. The first-order chi connectivity index (χ1) is 8.80. The highest BCUT2D eigenvalue weighted by Crippen LogP contribution is 2.08. The Labute approximate surface area is 111 Å². The van der Waals surface area contributed by atoms with Crippen molar-refractivity contribution in [2.45, 2.75) is 33.2 Å². The Hall–Kier alpha value is -1.30. The zero-order chi connectivity index (χ0) is 13.2. The minimum atomic E-state index is -0.0815. The minimum absolute atomic E-state index is 0.0815. The molecule has 2 heteroatoms. The normalized spacial score (nSPS) is 10.2. The molecule has 98 valence electrons. The van der Waals surface area contributed by atoms with Gasteiger partial charge in [0.2, 0.25) is 0 Å². The molecule has 0 aliphatic heterocycles. The van der Waals surface area contributed by atoms with Crippen molar-refractivity contribution in [3.63, 3.8) is 0 Å². The van der Waals surface area contributed by atoms with Gasteiger partial charge in [-0.05, 0) is 37.2 Å². The van der Waals surface area contributed by atoms with Crippen LogP contribution in [0.3, 0.4) is 0 Å². The Kier molecular flexibility index (Phi) is 7.17. The predicted molar refractivity (Wildman–Crippen MR) is 76.3 cm³/mol. The second-order valence-electron chi connectivity index (χ2n) is 4.38. The van der Waals surface area contributed by atoms with Gasteiger partial charge in [0.25, 0.3) is 0 Å². The molecule has 0 unspecified atom stereocenters. The second kappa shape index (κ2) is 8.74. The summed E-state index contributed by atoms with van der Waals surface area (Å²) in [5.74, 6) is 5.64. The van der Waals surface area contributed by atoms with Crippen LogP contribution < -0.4 is 0 Å². The SMILES string of the molecule is CCCCN(CC)Cc1cccc(C#CCO)c1. The lowest BCUT2D eigenvalue weighted by molar-refractivity contribution is 0.275. The fourth-order valence-corrected chi connectivity index (χ4v) is 1.88. The summed E-state index contributed by atoms with van der Waals surface area (Å²) in [5.41, 5.74) is 2.27. The predicted octanol–water partition coefficient (Wildman–Crippen LogP) is 2.65. The summed E-state index contributed by atoms with van der Waals surface area (Å²) in [4.78, 5) is 2.45. The lowest BCUT2D eigenvalue weighted by Gasteiger charge is -2.20. The van der Waals surface area contributed by atoms with Gasteiger partial charge in [0, 0.05) is 12.1 Å². The third-order valence-corrected chi connectivity index (χ3v) is 2.92. The van der Waals surface area contributed by atoms with E-state index < -0.39 is 0 Å². The van der Waals surface area contributed by atoms with Crippen LogP contribution in [0.5, 0.6) is 0 Å². The zero-order valence-corrected chi connectivity index (χ0v) is 11.4. The molecule has 2 nitrogen and oxygen atoms in total. The van der Waals surface area contributed by atoms with Crippen molar-refractivity contribution >= 4 is 0 Å². The maximum atomic E-state index is 8.70. The van der Waals surface area contributed by atoms with Crippen molar-refractivity contribution in [1.29, 1.82) is 0 Å². The fourth-order valence-electron chi connectivity index (χ4n) is 1.88. The van der Waals surface area contributed by atoms with Crippen LogP contribution in [-0.4, -0.2) is 29.7 Å². The van der Waals surface area contributed by atoms with E-state index in [-0.39, 0.29) is 6.61 Å². The molecule has 1 aromatic rings. The number of hydrogen-bond acceptors (Lipinski definition) is 2. The highest BCUT2D eigenvalue weighted by molar-refractivity contribution is 5.37.